The molecule has 0 spiro atoms. The third kappa shape index (κ3) is 1.70. The molecule has 1 unspecified atom stereocenters. The van der Waals surface area contributed by atoms with Gasteiger partial charge in [-0.2, -0.15) is 0 Å². The van der Waals surface area contributed by atoms with Gasteiger partial charge in [0.2, 0.25) is 0 Å². The summed E-state index contributed by atoms with van der Waals surface area (Å²) in [6, 6.07) is 0. The minimum absolute atomic E-state index is 0.161. The first-order valence-corrected chi connectivity index (χ1v) is 3.48. The van der Waals surface area contributed by atoms with Gasteiger partial charge < -0.3 is 20.1 Å². The Labute approximate surface area is 65.4 Å². The van der Waals surface area contributed by atoms with Crippen LogP contribution in [0.3, 0.4) is 0 Å². The predicted octanol–water partition coefficient (Wildman–Crippen LogP) is -1.43. The van der Waals surface area contributed by atoms with Gasteiger partial charge in [-0.15, -0.1) is 0 Å². The molecule has 0 amide bonds. The van der Waals surface area contributed by atoms with Crippen molar-refractivity contribution < 1.29 is 20.1 Å². The number of hydrogen-bond donors (Lipinski definition) is 3. The average Bonchev–Trinajstić information content (AvgIpc) is 2.27. The maximum absolute atomic E-state index is 9.18. The second-order valence-electron chi connectivity index (χ2n) is 2.83. The summed E-state index contributed by atoms with van der Waals surface area (Å²) < 4.78 is 4.99. The van der Waals surface area contributed by atoms with Gasteiger partial charge in [-0.3, -0.25) is 0 Å². The fourth-order valence-electron chi connectivity index (χ4n) is 1.17. The molecule has 1 rings (SSSR count). The molecule has 1 saturated heterocycles. The summed E-state index contributed by atoms with van der Waals surface area (Å²) in [7, 11) is 0. The molecule has 1 fully saturated rings. The van der Waals surface area contributed by atoms with Crippen LogP contribution in [0, 0.1) is 6.92 Å². The smallest absolute Gasteiger partial charge is 0.107 e. The van der Waals surface area contributed by atoms with Crippen LogP contribution in [0.2, 0.25) is 0 Å². The zero-order valence-electron chi connectivity index (χ0n) is 6.10. The molecule has 0 saturated carbocycles. The van der Waals surface area contributed by atoms with Crippen LogP contribution in [0.25, 0.3) is 0 Å². The molecule has 1 aliphatic heterocycles. The Morgan fingerprint density at radius 3 is 2.45 bits per heavy atom. The highest BCUT2D eigenvalue weighted by molar-refractivity contribution is 4.95. The van der Waals surface area contributed by atoms with E-state index >= 15 is 0 Å². The molecule has 0 aromatic heterocycles. The molecule has 1 aliphatic rings. The van der Waals surface area contributed by atoms with Crippen LogP contribution in [0.4, 0.5) is 0 Å². The molecule has 0 bridgehead atoms. The first-order valence-electron chi connectivity index (χ1n) is 3.48. The fraction of sp³-hybridized carbons (Fsp3) is 0.857. The van der Waals surface area contributed by atoms with Gasteiger partial charge in [-0.25, -0.2) is 0 Å². The highest BCUT2D eigenvalue weighted by Gasteiger charge is 2.41. The quantitative estimate of drug-likeness (QED) is 0.463. The van der Waals surface area contributed by atoms with Gasteiger partial charge in [0.25, 0.3) is 0 Å². The van der Waals surface area contributed by atoms with Crippen molar-refractivity contribution in [3.8, 4) is 0 Å². The first kappa shape index (κ1) is 8.93. The van der Waals surface area contributed by atoms with E-state index < -0.39 is 17.8 Å². The maximum atomic E-state index is 9.18. The number of aliphatic hydroxyl groups is 3. The zero-order chi connectivity index (χ0) is 8.48. The summed E-state index contributed by atoms with van der Waals surface area (Å²) in [5, 5.41) is 26.5. The SMILES string of the molecule is [CH]C1(CO)C[C@@H](O)[C@@H](CO)O1. The minimum atomic E-state index is -1.17. The lowest BCUT2D eigenvalue weighted by atomic mass is 10.0. The second-order valence-corrected chi connectivity index (χ2v) is 2.83. The van der Waals surface area contributed by atoms with Crippen molar-refractivity contribution in [2.45, 2.75) is 24.2 Å². The molecule has 64 valence electrons. The van der Waals surface area contributed by atoms with E-state index in [1.807, 2.05) is 0 Å². The van der Waals surface area contributed by atoms with Gasteiger partial charge in [0.05, 0.1) is 24.9 Å². The van der Waals surface area contributed by atoms with Gasteiger partial charge in [0.15, 0.2) is 0 Å². The lowest BCUT2D eigenvalue weighted by Gasteiger charge is -2.19. The van der Waals surface area contributed by atoms with Gasteiger partial charge in [-0.1, -0.05) is 0 Å². The molecule has 4 nitrogen and oxygen atoms in total. The van der Waals surface area contributed by atoms with E-state index in [0.29, 0.717) is 0 Å². The molecular formula is C7H12O4. The Bertz CT molecular complexity index is 138. The highest BCUT2D eigenvalue weighted by Crippen LogP contribution is 2.29. The second kappa shape index (κ2) is 3.06. The van der Waals surface area contributed by atoms with E-state index in [1.54, 1.807) is 0 Å². The number of aliphatic hydroxyl groups excluding tert-OH is 3. The predicted molar refractivity (Wildman–Crippen MR) is 36.7 cm³/mol. The van der Waals surface area contributed by atoms with Crippen LogP contribution in [-0.2, 0) is 4.74 Å². The Kier molecular flexibility index (Phi) is 2.49. The Morgan fingerprint density at radius 1 is 1.55 bits per heavy atom. The van der Waals surface area contributed by atoms with E-state index in [-0.39, 0.29) is 19.6 Å². The van der Waals surface area contributed by atoms with Crippen molar-refractivity contribution in [1.29, 1.82) is 0 Å². The van der Waals surface area contributed by atoms with Crippen molar-refractivity contribution in [1.82, 2.24) is 0 Å². The standard InChI is InChI=1S/C7H12O4/c1-7(4-9)2-5(10)6(3-8)11-7/h1,5-6,8-10H,2-4H2/t5-,6-,7?/m1/s1. The number of ether oxygens (including phenoxy) is 1. The topological polar surface area (TPSA) is 69.9 Å². The lowest BCUT2D eigenvalue weighted by Crippen LogP contribution is -2.30. The third-order valence-corrected chi connectivity index (χ3v) is 1.82. The van der Waals surface area contributed by atoms with E-state index in [0.717, 1.165) is 0 Å². The zero-order valence-corrected chi connectivity index (χ0v) is 6.10. The molecule has 0 aromatic carbocycles. The van der Waals surface area contributed by atoms with Crippen molar-refractivity contribution in [2.24, 2.45) is 0 Å². The molecule has 3 atom stereocenters. The van der Waals surface area contributed by atoms with Crippen molar-refractivity contribution in [3.63, 3.8) is 0 Å². The van der Waals surface area contributed by atoms with Crippen LogP contribution in [0.1, 0.15) is 6.42 Å². The molecule has 3 N–H and O–H groups in total. The molecular weight excluding hydrogens is 148 g/mol. The van der Waals surface area contributed by atoms with Gasteiger partial charge in [0, 0.05) is 13.3 Å². The third-order valence-electron chi connectivity index (χ3n) is 1.82. The Morgan fingerprint density at radius 2 is 2.18 bits per heavy atom. The highest BCUT2D eigenvalue weighted by atomic mass is 16.6. The first-order chi connectivity index (χ1) is 5.11. The summed E-state index contributed by atoms with van der Waals surface area (Å²) in [4.78, 5) is 0. The summed E-state index contributed by atoms with van der Waals surface area (Å²) in [5.74, 6) is 0. The molecule has 0 aromatic rings. The monoisotopic (exact) mass is 160 g/mol. The molecule has 1 heterocycles. The Hall–Kier alpha value is -0.160. The summed E-state index contributed by atoms with van der Waals surface area (Å²) in [6.45, 7) is 4.85. The molecule has 2 radical (unpaired) electrons. The van der Waals surface area contributed by atoms with Crippen LogP contribution < -0.4 is 0 Å². The van der Waals surface area contributed by atoms with E-state index in [1.165, 1.54) is 0 Å². The number of rotatable bonds is 2. The van der Waals surface area contributed by atoms with E-state index in [4.69, 9.17) is 21.9 Å². The largest absolute Gasteiger partial charge is 0.394 e. The van der Waals surface area contributed by atoms with E-state index in [9.17, 15) is 5.11 Å². The van der Waals surface area contributed by atoms with Crippen LogP contribution in [0.15, 0.2) is 0 Å². The van der Waals surface area contributed by atoms with Crippen molar-refractivity contribution in [2.75, 3.05) is 13.2 Å². The lowest BCUT2D eigenvalue weighted by molar-refractivity contribution is -0.0712. The summed E-state index contributed by atoms with van der Waals surface area (Å²) in [6.07, 6.45) is -1.28. The Balaban J connectivity index is 2.55. The molecule has 0 aliphatic carbocycles. The van der Waals surface area contributed by atoms with Gasteiger partial charge in [0.1, 0.15) is 6.10 Å². The van der Waals surface area contributed by atoms with Crippen LogP contribution in [-0.4, -0.2) is 46.3 Å². The molecule has 11 heavy (non-hydrogen) atoms. The summed E-state index contributed by atoms with van der Waals surface area (Å²) >= 11 is 0. The van der Waals surface area contributed by atoms with Gasteiger partial charge in [-0.05, 0) is 0 Å². The van der Waals surface area contributed by atoms with E-state index in [2.05, 4.69) is 0 Å². The van der Waals surface area contributed by atoms with Crippen molar-refractivity contribution in [3.05, 3.63) is 6.92 Å². The van der Waals surface area contributed by atoms with Crippen LogP contribution >= 0.6 is 0 Å². The van der Waals surface area contributed by atoms with Gasteiger partial charge >= 0.3 is 0 Å². The average molecular weight is 160 g/mol. The minimum Gasteiger partial charge on any atom is -0.394 e. The van der Waals surface area contributed by atoms with Crippen molar-refractivity contribution >= 4 is 0 Å². The normalized spacial score (nSPS) is 44.7. The fourth-order valence-corrected chi connectivity index (χ4v) is 1.17. The molecule has 4 heteroatoms. The van der Waals surface area contributed by atoms with Crippen LogP contribution in [0.5, 0.6) is 0 Å². The summed E-state index contributed by atoms with van der Waals surface area (Å²) in [5.41, 5.74) is -1.17. The maximum Gasteiger partial charge on any atom is 0.107 e. The number of hydrogen-bond acceptors (Lipinski definition) is 4.